The lowest BCUT2D eigenvalue weighted by atomic mass is 10.2. The molecule has 0 unspecified atom stereocenters. The molecule has 128 valence electrons. The molecule has 0 fully saturated rings. The second-order valence-electron chi connectivity index (χ2n) is 5.60. The Morgan fingerprint density at radius 2 is 1.76 bits per heavy atom. The second kappa shape index (κ2) is 7.18. The largest absolute Gasteiger partial charge is 0.526 e. The van der Waals surface area contributed by atoms with Crippen molar-refractivity contribution in [2.75, 3.05) is 6.54 Å². The van der Waals surface area contributed by atoms with E-state index in [0.29, 0.717) is 9.78 Å². The summed E-state index contributed by atoms with van der Waals surface area (Å²) >= 11 is 2.69. The first-order valence-corrected chi connectivity index (χ1v) is 8.29. The summed E-state index contributed by atoms with van der Waals surface area (Å²) in [4.78, 5) is 25.0. The van der Waals surface area contributed by atoms with Gasteiger partial charge in [-0.15, -0.1) is 4.09 Å². The molecule has 0 saturated carbocycles. The van der Waals surface area contributed by atoms with Crippen molar-refractivity contribution in [1.29, 1.82) is 0 Å². The first-order chi connectivity index (χ1) is 12.0. The van der Waals surface area contributed by atoms with Gasteiger partial charge in [0.25, 0.3) is 0 Å². The van der Waals surface area contributed by atoms with Gasteiger partial charge in [-0.3, -0.25) is 10.0 Å². The first kappa shape index (κ1) is 17.3. The predicted octanol–water partition coefficient (Wildman–Crippen LogP) is 3.84. The van der Waals surface area contributed by atoms with E-state index in [9.17, 15) is 14.8 Å². The number of fused-ring (bicyclic) bond motifs is 1. The minimum atomic E-state index is -0.669. The molecule has 1 aliphatic heterocycles. The van der Waals surface area contributed by atoms with E-state index in [1.807, 2.05) is 42.5 Å². The molecule has 7 heteroatoms. The smallest absolute Gasteiger partial charge is 0.415 e. The average molecular weight is 404 g/mol. The number of rotatable bonds is 4. The van der Waals surface area contributed by atoms with Crippen LogP contribution in [0.25, 0.3) is 6.08 Å². The molecule has 3 rings (SSSR count). The molecule has 0 radical (unpaired) electrons. The maximum Gasteiger partial charge on any atom is 0.526 e. The van der Waals surface area contributed by atoms with Crippen LogP contribution < -0.4 is 4.48 Å². The Kier molecular flexibility index (Phi) is 4.98. The topological polar surface area (TPSA) is 66.8 Å². The summed E-state index contributed by atoms with van der Waals surface area (Å²) < 4.78 is 5.33. The number of hydroxylamine groups is 1. The summed E-state index contributed by atoms with van der Waals surface area (Å²) in [7, 11) is 0. The Labute approximate surface area is 153 Å². The number of quaternary nitrogens is 1. The Bertz CT molecular complexity index is 823. The SMILES string of the molecule is O=C(C[N@+]1(C(=O)OCc2ccccc2)C=Cc2ccccc21)N(O)Br. The zero-order chi connectivity index (χ0) is 17.9. The van der Waals surface area contributed by atoms with Gasteiger partial charge in [-0.2, -0.15) is 9.28 Å². The minimum Gasteiger partial charge on any atom is -0.415 e. The highest BCUT2D eigenvalue weighted by Gasteiger charge is 2.46. The highest BCUT2D eigenvalue weighted by atomic mass is 79.9. The summed E-state index contributed by atoms with van der Waals surface area (Å²) in [5, 5.41) is 9.35. The predicted molar refractivity (Wildman–Crippen MR) is 96.3 cm³/mol. The van der Waals surface area contributed by atoms with Crippen LogP contribution in [0.4, 0.5) is 10.5 Å². The van der Waals surface area contributed by atoms with Crippen LogP contribution in [0.1, 0.15) is 11.1 Å². The van der Waals surface area contributed by atoms with Crippen LogP contribution in [0.5, 0.6) is 0 Å². The van der Waals surface area contributed by atoms with Crippen molar-refractivity contribution < 1.29 is 19.5 Å². The number of para-hydroxylation sites is 1. The van der Waals surface area contributed by atoms with Crippen LogP contribution in [0, 0.1) is 0 Å². The monoisotopic (exact) mass is 403 g/mol. The van der Waals surface area contributed by atoms with Crippen LogP contribution in [-0.4, -0.2) is 27.8 Å². The van der Waals surface area contributed by atoms with Crippen molar-refractivity contribution in [2.24, 2.45) is 0 Å². The Morgan fingerprint density at radius 1 is 1.08 bits per heavy atom. The molecule has 25 heavy (non-hydrogen) atoms. The quantitative estimate of drug-likeness (QED) is 0.364. The Hall–Kier alpha value is -2.48. The van der Waals surface area contributed by atoms with Crippen LogP contribution in [0.3, 0.4) is 0 Å². The minimum absolute atomic E-state index is 0.0982. The third kappa shape index (κ3) is 3.48. The zero-order valence-corrected chi connectivity index (χ0v) is 14.8. The molecule has 0 aliphatic carbocycles. The Balaban J connectivity index is 1.89. The standard InChI is InChI=1S/C18H16BrN2O4/c19-20(24)17(22)12-21(11-10-15-8-4-5-9-16(15)21)18(23)25-13-14-6-2-1-3-7-14/h1-11,24H,12-13H2/q+1/t21-/m1/s1. The fourth-order valence-electron chi connectivity index (χ4n) is 2.75. The van der Waals surface area contributed by atoms with Gasteiger partial charge in [0.05, 0.1) is 16.1 Å². The number of hydrogen-bond donors (Lipinski definition) is 1. The number of hydrogen-bond acceptors (Lipinski definition) is 4. The molecular formula is C18H16BrN2O4+. The number of halogens is 1. The van der Waals surface area contributed by atoms with E-state index >= 15 is 0 Å². The normalized spacial score (nSPS) is 17.8. The lowest BCUT2D eigenvalue weighted by molar-refractivity contribution is -0.143. The first-order valence-electron chi connectivity index (χ1n) is 7.58. The van der Waals surface area contributed by atoms with Crippen molar-refractivity contribution in [1.82, 2.24) is 8.57 Å². The van der Waals surface area contributed by atoms with E-state index in [-0.39, 0.29) is 13.2 Å². The van der Waals surface area contributed by atoms with Gasteiger partial charge in [0.1, 0.15) is 12.8 Å². The van der Waals surface area contributed by atoms with E-state index in [1.165, 1.54) is 0 Å². The highest BCUT2D eigenvalue weighted by molar-refractivity contribution is 9.07. The van der Waals surface area contributed by atoms with Crippen LogP contribution in [-0.2, 0) is 16.1 Å². The number of ether oxygens (including phenoxy) is 1. The summed E-state index contributed by atoms with van der Waals surface area (Å²) in [5.74, 6) is -0.669. The van der Waals surface area contributed by atoms with Gasteiger partial charge in [-0.25, -0.2) is 0 Å². The molecule has 2 aromatic carbocycles. The molecular weight excluding hydrogens is 388 g/mol. The van der Waals surface area contributed by atoms with E-state index in [0.717, 1.165) is 11.1 Å². The molecule has 0 saturated heterocycles. The number of amides is 2. The number of carbonyl (C=O) groups excluding carboxylic acids is 2. The second-order valence-corrected chi connectivity index (χ2v) is 6.27. The molecule has 1 heterocycles. The number of benzene rings is 2. The molecule has 2 amide bonds. The number of nitrogens with zero attached hydrogens (tertiary/aromatic N) is 2. The summed E-state index contributed by atoms with van der Waals surface area (Å²) in [6.45, 7) is -0.204. The van der Waals surface area contributed by atoms with Crippen LogP contribution >= 0.6 is 16.1 Å². The van der Waals surface area contributed by atoms with Gasteiger partial charge in [0.2, 0.25) is 0 Å². The van der Waals surface area contributed by atoms with E-state index in [4.69, 9.17) is 4.74 Å². The lowest BCUT2D eigenvalue weighted by Crippen LogP contribution is -2.53. The van der Waals surface area contributed by atoms with Gasteiger partial charge in [-0.05, 0) is 11.6 Å². The van der Waals surface area contributed by atoms with Crippen LogP contribution in [0.15, 0.2) is 60.8 Å². The van der Waals surface area contributed by atoms with E-state index in [2.05, 4.69) is 16.1 Å². The third-order valence-corrected chi connectivity index (χ3v) is 4.39. The molecule has 1 aliphatic rings. The average Bonchev–Trinajstić information content (AvgIpc) is 3.00. The summed E-state index contributed by atoms with van der Waals surface area (Å²) in [5.41, 5.74) is 2.30. The molecule has 1 N–H and O–H groups in total. The maximum absolute atomic E-state index is 12.9. The van der Waals surface area contributed by atoms with Crippen molar-refractivity contribution in [3.8, 4) is 0 Å². The van der Waals surface area contributed by atoms with E-state index in [1.54, 1.807) is 24.4 Å². The molecule has 1 atom stereocenters. The zero-order valence-electron chi connectivity index (χ0n) is 13.2. The molecule has 0 bridgehead atoms. The van der Waals surface area contributed by atoms with Crippen molar-refractivity contribution in [3.63, 3.8) is 0 Å². The lowest BCUT2D eigenvalue weighted by Gasteiger charge is -2.27. The molecule has 0 aromatic heterocycles. The van der Waals surface area contributed by atoms with Crippen molar-refractivity contribution in [2.45, 2.75) is 6.61 Å². The van der Waals surface area contributed by atoms with Gasteiger partial charge < -0.3 is 4.74 Å². The van der Waals surface area contributed by atoms with Crippen molar-refractivity contribution >= 4 is 39.9 Å². The van der Waals surface area contributed by atoms with Gasteiger partial charge in [-0.1, -0.05) is 42.5 Å². The highest BCUT2D eigenvalue weighted by Crippen LogP contribution is 2.36. The van der Waals surface area contributed by atoms with Gasteiger partial charge >= 0.3 is 12.0 Å². The Morgan fingerprint density at radius 3 is 2.48 bits per heavy atom. The molecule has 6 nitrogen and oxygen atoms in total. The van der Waals surface area contributed by atoms with E-state index < -0.39 is 16.5 Å². The van der Waals surface area contributed by atoms with Gasteiger partial charge in [0, 0.05) is 17.7 Å². The van der Waals surface area contributed by atoms with Gasteiger partial charge in [0.15, 0.2) is 12.2 Å². The summed E-state index contributed by atoms with van der Waals surface area (Å²) in [6.07, 6.45) is 2.78. The van der Waals surface area contributed by atoms with Crippen LogP contribution in [0.2, 0.25) is 0 Å². The molecule has 0 spiro atoms. The number of carbonyl (C=O) groups is 2. The summed E-state index contributed by atoms with van der Waals surface area (Å²) in [6, 6.07) is 16.6. The third-order valence-electron chi connectivity index (χ3n) is 4.00. The fourth-order valence-corrected chi connectivity index (χ4v) is 2.86. The van der Waals surface area contributed by atoms with Crippen molar-refractivity contribution in [3.05, 3.63) is 71.9 Å². The fraction of sp³-hybridized carbons (Fsp3) is 0.111. The maximum atomic E-state index is 12.9. The molecule has 2 aromatic rings.